The summed E-state index contributed by atoms with van der Waals surface area (Å²) in [5.74, 6) is -0.414. The van der Waals surface area contributed by atoms with E-state index in [2.05, 4.69) is 0 Å². The quantitative estimate of drug-likeness (QED) is 0.642. The Bertz CT molecular complexity index is 862. The van der Waals surface area contributed by atoms with Crippen LogP contribution in [-0.4, -0.2) is 10.4 Å². The fourth-order valence-corrected chi connectivity index (χ4v) is 2.51. The Labute approximate surface area is 124 Å². The monoisotopic (exact) mass is 303 g/mol. The van der Waals surface area contributed by atoms with Gasteiger partial charge in [0.15, 0.2) is 5.78 Å². The zero-order chi connectivity index (χ0) is 15.9. The van der Waals surface area contributed by atoms with E-state index in [-0.39, 0.29) is 5.56 Å². The van der Waals surface area contributed by atoms with E-state index in [1.165, 1.54) is 12.1 Å². The minimum Gasteiger partial charge on any atom is -0.350 e. The van der Waals surface area contributed by atoms with Gasteiger partial charge in [0.2, 0.25) is 0 Å². The van der Waals surface area contributed by atoms with Crippen LogP contribution in [0.2, 0.25) is 0 Å². The van der Waals surface area contributed by atoms with Crippen LogP contribution in [0.1, 0.15) is 21.5 Å². The summed E-state index contributed by atoms with van der Waals surface area (Å²) in [5, 5.41) is 0.729. The Morgan fingerprint density at radius 3 is 2.50 bits per heavy atom. The molecule has 0 unspecified atom stereocenters. The zero-order valence-electron chi connectivity index (χ0n) is 11.7. The molecule has 0 saturated heterocycles. The molecule has 2 nitrogen and oxygen atoms in total. The molecule has 0 aliphatic carbocycles. The van der Waals surface area contributed by atoms with E-state index < -0.39 is 17.5 Å². The molecule has 5 heteroatoms. The Balaban J connectivity index is 2.11. The molecule has 3 aromatic rings. The predicted octanol–water partition coefficient (Wildman–Crippen LogP) is 4.43. The minimum absolute atomic E-state index is 0.0335. The third-order valence-corrected chi connectivity index (χ3v) is 3.59. The van der Waals surface area contributed by atoms with Gasteiger partial charge >= 0.3 is 6.18 Å². The van der Waals surface area contributed by atoms with Crippen LogP contribution in [0.3, 0.4) is 0 Å². The molecule has 0 atom stereocenters. The van der Waals surface area contributed by atoms with Gasteiger partial charge in [-0.15, -0.1) is 0 Å². The lowest BCUT2D eigenvalue weighted by atomic mass is 10.0. The van der Waals surface area contributed by atoms with Crippen molar-refractivity contribution in [2.45, 2.75) is 6.18 Å². The Morgan fingerprint density at radius 1 is 1.05 bits per heavy atom. The summed E-state index contributed by atoms with van der Waals surface area (Å²) >= 11 is 0. The second kappa shape index (κ2) is 5.02. The summed E-state index contributed by atoms with van der Waals surface area (Å²) in [6, 6.07) is 11.8. The lowest BCUT2D eigenvalue weighted by Crippen LogP contribution is -2.08. The number of ketones is 1. The maximum absolute atomic E-state index is 12.8. The number of halogens is 3. The highest BCUT2D eigenvalue weighted by atomic mass is 19.4. The number of benzene rings is 2. The number of fused-ring (bicyclic) bond motifs is 1. The normalized spacial score (nSPS) is 11.8. The summed E-state index contributed by atoms with van der Waals surface area (Å²) in [6.07, 6.45) is -2.82. The summed E-state index contributed by atoms with van der Waals surface area (Å²) in [4.78, 5) is 12.6. The van der Waals surface area contributed by atoms with Crippen molar-refractivity contribution in [3.8, 4) is 0 Å². The molecule has 0 bridgehead atoms. The number of rotatable bonds is 2. The number of nitrogens with zero attached hydrogens (tertiary/aromatic N) is 1. The van der Waals surface area contributed by atoms with Crippen molar-refractivity contribution in [3.63, 3.8) is 0 Å². The van der Waals surface area contributed by atoms with Crippen LogP contribution in [0.4, 0.5) is 13.2 Å². The molecule has 1 aromatic heterocycles. The van der Waals surface area contributed by atoms with E-state index in [4.69, 9.17) is 0 Å². The van der Waals surface area contributed by atoms with Crippen molar-refractivity contribution in [2.24, 2.45) is 7.05 Å². The van der Waals surface area contributed by atoms with E-state index in [0.29, 0.717) is 5.56 Å². The van der Waals surface area contributed by atoms with Gasteiger partial charge in [-0.3, -0.25) is 4.79 Å². The van der Waals surface area contributed by atoms with Gasteiger partial charge in [0.05, 0.1) is 5.56 Å². The second-order valence-corrected chi connectivity index (χ2v) is 5.08. The molecule has 1 heterocycles. The highest BCUT2D eigenvalue weighted by Gasteiger charge is 2.31. The van der Waals surface area contributed by atoms with Crippen molar-refractivity contribution in [1.82, 2.24) is 4.57 Å². The summed E-state index contributed by atoms with van der Waals surface area (Å²) < 4.78 is 40.1. The molecule has 0 radical (unpaired) electrons. The highest BCUT2D eigenvalue weighted by Crippen LogP contribution is 2.30. The standard InChI is InChI=1S/C17H12F3NO/c1-21-10-14(13-7-2-3-8-15(13)21)16(22)11-5-4-6-12(9-11)17(18,19)20/h2-10H,1H3. The molecule has 0 aliphatic heterocycles. The number of carbonyl (C=O) groups excluding carboxylic acids is 1. The van der Waals surface area contributed by atoms with E-state index in [1.807, 2.05) is 12.1 Å². The van der Waals surface area contributed by atoms with Gasteiger partial charge in [-0.1, -0.05) is 30.3 Å². The fourth-order valence-electron chi connectivity index (χ4n) is 2.51. The molecule has 112 valence electrons. The average Bonchev–Trinajstić information content (AvgIpc) is 2.83. The molecule has 0 N–H and O–H groups in total. The summed E-state index contributed by atoms with van der Waals surface area (Å²) in [6.45, 7) is 0. The van der Waals surface area contributed by atoms with E-state index in [9.17, 15) is 18.0 Å². The number of hydrogen-bond acceptors (Lipinski definition) is 1. The van der Waals surface area contributed by atoms with Gasteiger partial charge in [-0.25, -0.2) is 0 Å². The van der Waals surface area contributed by atoms with Crippen LogP contribution in [0.15, 0.2) is 54.7 Å². The van der Waals surface area contributed by atoms with Crippen molar-refractivity contribution in [1.29, 1.82) is 0 Å². The molecule has 22 heavy (non-hydrogen) atoms. The minimum atomic E-state index is -4.46. The lowest BCUT2D eigenvalue weighted by molar-refractivity contribution is -0.137. The Morgan fingerprint density at radius 2 is 1.77 bits per heavy atom. The molecule has 3 rings (SSSR count). The zero-order valence-corrected chi connectivity index (χ0v) is 11.7. The number of aryl methyl sites for hydroxylation is 1. The molecule has 2 aromatic carbocycles. The number of alkyl halides is 3. The first-order chi connectivity index (χ1) is 10.4. The second-order valence-electron chi connectivity index (χ2n) is 5.08. The van der Waals surface area contributed by atoms with Crippen molar-refractivity contribution in [2.75, 3.05) is 0 Å². The van der Waals surface area contributed by atoms with Crippen LogP contribution in [-0.2, 0) is 13.2 Å². The number of para-hydroxylation sites is 1. The van der Waals surface area contributed by atoms with Gasteiger partial charge < -0.3 is 4.57 Å². The Hall–Kier alpha value is -2.56. The maximum Gasteiger partial charge on any atom is 0.416 e. The van der Waals surface area contributed by atoms with Crippen molar-refractivity contribution >= 4 is 16.7 Å². The topological polar surface area (TPSA) is 22.0 Å². The largest absolute Gasteiger partial charge is 0.416 e. The Kier molecular flexibility index (Phi) is 3.28. The average molecular weight is 303 g/mol. The van der Waals surface area contributed by atoms with Gasteiger partial charge in [0.1, 0.15) is 0 Å². The lowest BCUT2D eigenvalue weighted by Gasteiger charge is -2.07. The van der Waals surface area contributed by atoms with Gasteiger partial charge in [-0.05, 0) is 18.2 Å². The van der Waals surface area contributed by atoms with Crippen LogP contribution < -0.4 is 0 Å². The maximum atomic E-state index is 12.8. The first kappa shape index (κ1) is 14.4. The molecule has 0 amide bonds. The summed E-state index contributed by atoms with van der Waals surface area (Å²) in [7, 11) is 1.80. The van der Waals surface area contributed by atoms with Gasteiger partial charge in [0, 0.05) is 35.3 Å². The van der Waals surface area contributed by atoms with Crippen LogP contribution in [0.5, 0.6) is 0 Å². The van der Waals surface area contributed by atoms with E-state index in [1.54, 1.807) is 29.9 Å². The van der Waals surface area contributed by atoms with Gasteiger partial charge in [0.25, 0.3) is 0 Å². The smallest absolute Gasteiger partial charge is 0.350 e. The van der Waals surface area contributed by atoms with Crippen molar-refractivity contribution < 1.29 is 18.0 Å². The molecule has 0 spiro atoms. The van der Waals surface area contributed by atoms with Crippen molar-refractivity contribution in [3.05, 3.63) is 71.4 Å². The van der Waals surface area contributed by atoms with E-state index >= 15 is 0 Å². The van der Waals surface area contributed by atoms with Gasteiger partial charge in [-0.2, -0.15) is 13.2 Å². The van der Waals surface area contributed by atoms with Crippen LogP contribution >= 0.6 is 0 Å². The highest BCUT2D eigenvalue weighted by molar-refractivity contribution is 6.16. The first-order valence-corrected chi connectivity index (χ1v) is 6.64. The third-order valence-electron chi connectivity index (χ3n) is 3.59. The van der Waals surface area contributed by atoms with Crippen LogP contribution in [0, 0.1) is 0 Å². The first-order valence-electron chi connectivity index (χ1n) is 6.64. The number of carbonyl (C=O) groups is 1. The predicted molar refractivity (Wildman–Crippen MR) is 77.8 cm³/mol. The third kappa shape index (κ3) is 2.39. The molecular formula is C17H12F3NO. The van der Waals surface area contributed by atoms with Crippen LogP contribution in [0.25, 0.3) is 10.9 Å². The molecule has 0 saturated carbocycles. The molecular weight excluding hydrogens is 291 g/mol. The molecule has 0 aliphatic rings. The molecule has 0 fully saturated rings. The number of aromatic nitrogens is 1. The summed E-state index contributed by atoms with van der Waals surface area (Å²) in [5.41, 5.74) is 0.472. The fraction of sp³-hybridized carbons (Fsp3) is 0.118. The SMILES string of the molecule is Cn1cc(C(=O)c2cccc(C(F)(F)F)c2)c2ccccc21. The van der Waals surface area contributed by atoms with E-state index in [0.717, 1.165) is 23.0 Å². The number of hydrogen-bond donors (Lipinski definition) is 0.